The molecule has 1 aromatic rings. The monoisotopic (exact) mass is 204 g/mol. The van der Waals surface area contributed by atoms with Gasteiger partial charge in [-0.05, 0) is 18.9 Å². The van der Waals surface area contributed by atoms with Gasteiger partial charge in [-0.3, -0.25) is 0 Å². The number of unbranched alkanes of at least 4 members (excludes halogenated alkanes) is 1. The van der Waals surface area contributed by atoms with Gasteiger partial charge in [-0.1, -0.05) is 55.8 Å². The van der Waals surface area contributed by atoms with E-state index < -0.39 is 0 Å². The Morgan fingerprint density at radius 1 is 1.27 bits per heavy atom. The Hall–Kier alpha value is -1.08. The van der Waals surface area contributed by atoms with Crippen molar-refractivity contribution in [1.29, 1.82) is 0 Å². The Kier molecular flexibility index (Phi) is 5.79. The Labute approximate surface area is 92.8 Å². The summed E-state index contributed by atoms with van der Waals surface area (Å²) < 4.78 is 5.62. The zero-order chi connectivity index (χ0) is 10.9. The van der Waals surface area contributed by atoms with Crippen molar-refractivity contribution < 1.29 is 4.74 Å². The van der Waals surface area contributed by atoms with Crippen LogP contribution in [0.1, 0.15) is 32.3 Å². The molecule has 1 unspecified atom stereocenters. The standard InChI is InChI=1S/C14H20O/c1-3-4-12-15-13(2)10-11-14-8-6-5-7-9-14/h5-11,13H,3-4,12H2,1-2H3/b11-10+. The third-order valence-electron chi connectivity index (χ3n) is 2.24. The van der Waals surface area contributed by atoms with Crippen molar-refractivity contribution in [2.75, 3.05) is 6.61 Å². The number of hydrogen-bond donors (Lipinski definition) is 0. The lowest BCUT2D eigenvalue weighted by molar-refractivity contribution is 0.0955. The summed E-state index contributed by atoms with van der Waals surface area (Å²) in [6.07, 6.45) is 6.75. The van der Waals surface area contributed by atoms with Crippen molar-refractivity contribution >= 4 is 6.08 Å². The van der Waals surface area contributed by atoms with Crippen molar-refractivity contribution in [3.8, 4) is 0 Å². The number of rotatable bonds is 6. The Morgan fingerprint density at radius 2 is 2.00 bits per heavy atom. The Balaban J connectivity index is 2.31. The minimum atomic E-state index is 0.205. The van der Waals surface area contributed by atoms with Crippen LogP contribution in [-0.2, 0) is 4.74 Å². The first-order valence-electron chi connectivity index (χ1n) is 5.67. The van der Waals surface area contributed by atoms with Crippen LogP contribution in [-0.4, -0.2) is 12.7 Å². The number of benzene rings is 1. The van der Waals surface area contributed by atoms with Crippen molar-refractivity contribution in [2.24, 2.45) is 0 Å². The molecule has 0 spiro atoms. The van der Waals surface area contributed by atoms with E-state index in [1.807, 2.05) is 18.2 Å². The maximum Gasteiger partial charge on any atom is 0.0730 e. The van der Waals surface area contributed by atoms with E-state index in [1.165, 1.54) is 12.0 Å². The first-order chi connectivity index (χ1) is 7.33. The summed E-state index contributed by atoms with van der Waals surface area (Å²) in [4.78, 5) is 0. The molecule has 0 aliphatic rings. The highest BCUT2D eigenvalue weighted by atomic mass is 16.5. The first-order valence-corrected chi connectivity index (χ1v) is 5.67. The lowest BCUT2D eigenvalue weighted by Gasteiger charge is -2.07. The molecule has 0 fully saturated rings. The molecular weight excluding hydrogens is 184 g/mol. The van der Waals surface area contributed by atoms with Crippen LogP contribution >= 0.6 is 0 Å². The van der Waals surface area contributed by atoms with E-state index in [4.69, 9.17) is 4.74 Å². The molecule has 82 valence electrons. The van der Waals surface area contributed by atoms with E-state index in [1.54, 1.807) is 0 Å². The van der Waals surface area contributed by atoms with Gasteiger partial charge in [0.25, 0.3) is 0 Å². The normalized spacial score (nSPS) is 13.2. The molecule has 0 amide bonds. The molecule has 0 aromatic heterocycles. The summed E-state index contributed by atoms with van der Waals surface area (Å²) in [6, 6.07) is 10.3. The molecule has 0 heterocycles. The molecule has 1 nitrogen and oxygen atoms in total. The second-order valence-electron chi connectivity index (χ2n) is 3.70. The fraction of sp³-hybridized carbons (Fsp3) is 0.429. The molecule has 0 saturated carbocycles. The summed E-state index contributed by atoms with van der Waals surface area (Å²) in [5, 5.41) is 0. The molecule has 0 N–H and O–H groups in total. The molecule has 0 saturated heterocycles. The van der Waals surface area contributed by atoms with Gasteiger partial charge in [0, 0.05) is 6.61 Å². The van der Waals surface area contributed by atoms with E-state index in [0.29, 0.717) is 0 Å². The largest absolute Gasteiger partial charge is 0.374 e. The fourth-order valence-electron chi connectivity index (χ4n) is 1.28. The van der Waals surface area contributed by atoms with Gasteiger partial charge >= 0.3 is 0 Å². The Bertz CT molecular complexity index is 277. The smallest absolute Gasteiger partial charge is 0.0730 e. The van der Waals surface area contributed by atoms with E-state index >= 15 is 0 Å². The van der Waals surface area contributed by atoms with Crippen LogP contribution in [0.15, 0.2) is 36.4 Å². The fourth-order valence-corrected chi connectivity index (χ4v) is 1.28. The van der Waals surface area contributed by atoms with Crippen molar-refractivity contribution in [3.63, 3.8) is 0 Å². The van der Waals surface area contributed by atoms with Crippen LogP contribution in [0.2, 0.25) is 0 Å². The van der Waals surface area contributed by atoms with Gasteiger partial charge in [0.1, 0.15) is 0 Å². The third kappa shape index (κ3) is 5.38. The second kappa shape index (κ2) is 7.24. The quantitative estimate of drug-likeness (QED) is 0.638. The van der Waals surface area contributed by atoms with Crippen LogP contribution in [0.3, 0.4) is 0 Å². The van der Waals surface area contributed by atoms with Gasteiger partial charge in [-0.25, -0.2) is 0 Å². The SMILES string of the molecule is CCCCOC(C)/C=C/c1ccccc1. The highest BCUT2D eigenvalue weighted by Gasteiger charge is 1.95. The molecule has 0 radical (unpaired) electrons. The van der Waals surface area contributed by atoms with Crippen LogP contribution in [0.25, 0.3) is 6.08 Å². The van der Waals surface area contributed by atoms with Gasteiger partial charge < -0.3 is 4.74 Å². The van der Waals surface area contributed by atoms with Gasteiger partial charge in [-0.15, -0.1) is 0 Å². The molecule has 15 heavy (non-hydrogen) atoms. The predicted octanol–water partition coefficient (Wildman–Crippen LogP) is 3.91. The summed E-state index contributed by atoms with van der Waals surface area (Å²) in [5.74, 6) is 0. The molecular formula is C14H20O. The molecule has 1 atom stereocenters. The van der Waals surface area contributed by atoms with E-state index in [2.05, 4.69) is 38.1 Å². The van der Waals surface area contributed by atoms with Crippen LogP contribution in [0.5, 0.6) is 0 Å². The van der Waals surface area contributed by atoms with Crippen LogP contribution < -0.4 is 0 Å². The van der Waals surface area contributed by atoms with E-state index in [0.717, 1.165) is 13.0 Å². The summed E-state index contributed by atoms with van der Waals surface area (Å²) in [5.41, 5.74) is 1.23. The molecule has 0 aliphatic heterocycles. The molecule has 0 aliphatic carbocycles. The molecule has 0 bridgehead atoms. The highest BCUT2D eigenvalue weighted by molar-refractivity contribution is 5.49. The average Bonchev–Trinajstić information content (AvgIpc) is 2.28. The van der Waals surface area contributed by atoms with E-state index in [-0.39, 0.29) is 6.10 Å². The predicted molar refractivity (Wildman–Crippen MR) is 65.8 cm³/mol. The van der Waals surface area contributed by atoms with Gasteiger partial charge in [0.05, 0.1) is 6.10 Å². The number of ether oxygens (including phenoxy) is 1. The second-order valence-corrected chi connectivity index (χ2v) is 3.70. The van der Waals surface area contributed by atoms with Crippen molar-refractivity contribution in [1.82, 2.24) is 0 Å². The zero-order valence-electron chi connectivity index (χ0n) is 9.65. The maximum absolute atomic E-state index is 5.62. The molecule has 1 rings (SSSR count). The first kappa shape index (κ1) is 12.0. The summed E-state index contributed by atoms with van der Waals surface area (Å²) >= 11 is 0. The highest BCUT2D eigenvalue weighted by Crippen LogP contribution is 2.04. The minimum Gasteiger partial charge on any atom is -0.374 e. The maximum atomic E-state index is 5.62. The summed E-state index contributed by atoms with van der Waals surface area (Å²) in [7, 11) is 0. The van der Waals surface area contributed by atoms with Gasteiger partial charge in [0.2, 0.25) is 0 Å². The van der Waals surface area contributed by atoms with Gasteiger partial charge in [0.15, 0.2) is 0 Å². The topological polar surface area (TPSA) is 9.23 Å². The Morgan fingerprint density at radius 3 is 2.67 bits per heavy atom. The third-order valence-corrected chi connectivity index (χ3v) is 2.24. The van der Waals surface area contributed by atoms with Crippen LogP contribution in [0.4, 0.5) is 0 Å². The lowest BCUT2D eigenvalue weighted by Crippen LogP contribution is -2.05. The summed E-state index contributed by atoms with van der Waals surface area (Å²) in [6.45, 7) is 5.11. The van der Waals surface area contributed by atoms with E-state index in [9.17, 15) is 0 Å². The van der Waals surface area contributed by atoms with Crippen molar-refractivity contribution in [2.45, 2.75) is 32.8 Å². The van der Waals surface area contributed by atoms with Crippen LogP contribution in [0, 0.1) is 0 Å². The van der Waals surface area contributed by atoms with Gasteiger partial charge in [-0.2, -0.15) is 0 Å². The minimum absolute atomic E-state index is 0.205. The lowest BCUT2D eigenvalue weighted by atomic mass is 10.2. The molecule has 1 aromatic carbocycles. The molecule has 1 heteroatoms. The number of hydrogen-bond acceptors (Lipinski definition) is 1. The zero-order valence-corrected chi connectivity index (χ0v) is 9.65. The average molecular weight is 204 g/mol. The van der Waals surface area contributed by atoms with Crippen molar-refractivity contribution in [3.05, 3.63) is 42.0 Å².